The van der Waals surface area contributed by atoms with Gasteiger partial charge in [-0.05, 0) is 63.8 Å². The van der Waals surface area contributed by atoms with Gasteiger partial charge in [-0.3, -0.25) is 0 Å². The quantitative estimate of drug-likeness (QED) is 0.509. The molecule has 0 saturated heterocycles. The highest BCUT2D eigenvalue weighted by Crippen LogP contribution is 2.39. The average Bonchev–Trinajstić information content (AvgIpc) is 2.71. The first-order chi connectivity index (χ1) is 13.3. The molecule has 0 fully saturated rings. The van der Waals surface area contributed by atoms with E-state index in [0.29, 0.717) is 5.56 Å². The van der Waals surface area contributed by atoms with E-state index in [9.17, 15) is 5.26 Å². The zero-order valence-electron chi connectivity index (χ0n) is 17.1. The molecule has 2 nitrogen and oxygen atoms in total. The van der Waals surface area contributed by atoms with Crippen molar-refractivity contribution >= 4 is 10.8 Å². The van der Waals surface area contributed by atoms with Crippen LogP contribution in [0.25, 0.3) is 10.8 Å². The fourth-order valence-corrected chi connectivity index (χ4v) is 3.89. The first-order valence-corrected chi connectivity index (χ1v) is 9.71. The van der Waals surface area contributed by atoms with Gasteiger partial charge in [-0.2, -0.15) is 10.5 Å². The Balaban J connectivity index is 1.89. The lowest BCUT2D eigenvalue weighted by Gasteiger charge is -2.33. The summed E-state index contributed by atoms with van der Waals surface area (Å²) in [5, 5.41) is 20.7. The molecule has 3 aromatic rings. The summed E-state index contributed by atoms with van der Waals surface area (Å²) < 4.78 is 0. The van der Waals surface area contributed by atoms with Crippen molar-refractivity contribution in [1.82, 2.24) is 0 Å². The summed E-state index contributed by atoms with van der Waals surface area (Å²) in [5.74, 6) is 0. The van der Waals surface area contributed by atoms with Crippen molar-refractivity contribution in [3.05, 3.63) is 82.9 Å². The van der Waals surface area contributed by atoms with E-state index in [2.05, 4.69) is 64.1 Å². The molecule has 0 saturated carbocycles. The third kappa shape index (κ3) is 3.78. The fraction of sp³-hybridized carbons (Fsp3) is 0.308. The summed E-state index contributed by atoms with van der Waals surface area (Å²) in [5.41, 5.74) is 3.98. The van der Waals surface area contributed by atoms with Crippen molar-refractivity contribution < 1.29 is 0 Å². The van der Waals surface area contributed by atoms with Gasteiger partial charge in [0.2, 0.25) is 0 Å². The molecule has 28 heavy (non-hydrogen) atoms. The number of rotatable bonds is 5. The molecule has 0 amide bonds. The van der Waals surface area contributed by atoms with Gasteiger partial charge in [-0.1, -0.05) is 70.2 Å². The molecule has 0 aliphatic rings. The van der Waals surface area contributed by atoms with Gasteiger partial charge in [-0.25, -0.2) is 0 Å². The van der Waals surface area contributed by atoms with E-state index >= 15 is 0 Å². The van der Waals surface area contributed by atoms with E-state index < -0.39 is 0 Å². The molecule has 3 rings (SSSR count). The summed E-state index contributed by atoms with van der Waals surface area (Å²) in [7, 11) is 0. The second kappa shape index (κ2) is 7.49. The van der Waals surface area contributed by atoms with Crippen molar-refractivity contribution in [3.63, 3.8) is 0 Å². The SMILES string of the molecule is CC(C)(CCC(C)(C)c1ccc(C#N)c2ccccc12)c1ccc(C#N)cc1. The highest BCUT2D eigenvalue weighted by molar-refractivity contribution is 5.91. The van der Waals surface area contributed by atoms with Crippen LogP contribution in [-0.4, -0.2) is 0 Å². The van der Waals surface area contributed by atoms with Crippen molar-refractivity contribution in [3.8, 4) is 12.1 Å². The molecule has 0 aromatic heterocycles. The minimum atomic E-state index is -0.0164. The minimum absolute atomic E-state index is 0.0164. The van der Waals surface area contributed by atoms with Crippen LogP contribution in [0.15, 0.2) is 60.7 Å². The number of nitrogens with zero attached hydrogens (tertiary/aromatic N) is 2. The van der Waals surface area contributed by atoms with Crippen LogP contribution >= 0.6 is 0 Å². The molecule has 0 spiro atoms. The van der Waals surface area contributed by atoms with Gasteiger partial charge in [0.15, 0.2) is 0 Å². The maximum atomic E-state index is 9.43. The van der Waals surface area contributed by atoms with Gasteiger partial charge < -0.3 is 0 Å². The van der Waals surface area contributed by atoms with Gasteiger partial charge >= 0.3 is 0 Å². The maximum absolute atomic E-state index is 9.43. The van der Waals surface area contributed by atoms with Crippen molar-refractivity contribution in [2.45, 2.75) is 51.4 Å². The molecule has 140 valence electrons. The third-order valence-corrected chi connectivity index (χ3v) is 5.94. The standard InChI is InChI=1S/C26H26N2/c1-25(2,21-12-9-19(17-27)10-13-21)15-16-26(3,4)24-14-11-20(18-28)22-7-5-6-8-23(22)24/h5-14H,15-16H2,1-4H3. The van der Waals surface area contributed by atoms with Gasteiger partial charge in [0.05, 0.1) is 23.3 Å². The smallest absolute Gasteiger partial charge is 0.0998 e. The zero-order chi connectivity index (χ0) is 20.4. The van der Waals surface area contributed by atoms with E-state index in [1.807, 2.05) is 36.4 Å². The summed E-state index contributed by atoms with van der Waals surface area (Å²) in [6.07, 6.45) is 2.05. The van der Waals surface area contributed by atoms with Crippen LogP contribution < -0.4 is 0 Å². The highest BCUT2D eigenvalue weighted by atomic mass is 14.3. The van der Waals surface area contributed by atoms with Crippen LogP contribution in [0.2, 0.25) is 0 Å². The molecule has 3 aromatic carbocycles. The van der Waals surface area contributed by atoms with E-state index in [4.69, 9.17) is 5.26 Å². The van der Waals surface area contributed by atoms with Crippen LogP contribution in [-0.2, 0) is 10.8 Å². The first-order valence-electron chi connectivity index (χ1n) is 9.71. The van der Waals surface area contributed by atoms with Crippen molar-refractivity contribution in [2.75, 3.05) is 0 Å². The molecular weight excluding hydrogens is 340 g/mol. The Morgan fingerprint density at radius 1 is 0.679 bits per heavy atom. The Labute approximate surface area is 168 Å². The number of hydrogen-bond donors (Lipinski definition) is 0. The normalized spacial score (nSPS) is 11.8. The summed E-state index contributed by atoms with van der Waals surface area (Å²) >= 11 is 0. The van der Waals surface area contributed by atoms with Crippen LogP contribution in [0.5, 0.6) is 0 Å². The lowest BCUT2D eigenvalue weighted by molar-refractivity contribution is 0.376. The highest BCUT2D eigenvalue weighted by Gasteiger charge is 2.28. The molecule has 0 aliphatic heterocycles. The predicted octanol–water partition coefficient (Wildman–Crippen LogP) is 6.62. The Bertz CT molecular complexity index is 1070. The Kier molecular flexibility index (Phi) is 5.26. The first kappa shape index (κ1) is 19.7. The molecule has 0 heterocycles. The monoisotopic (exact) mass is 366 g/mol. The number of hydrogen-bond acceptors (Lipinski definition) is 2. The summed E-state index contributed by atoms with van der Waals surface area (Å²) in [6.45, 7) is 9.11. The van der Waals surface area contributed by atoms with E-state index in [0.717, 1.165) is 23.8 Å². The Hall–Kier alpha value is -3.10. The van der Waals surface area contributed by atoms with Crippen LogP contribution in [0.1, 0.15) is 62.8 Å². The number of benzene rings is 3. The molecular formula is C26H26N2. The van der Waals surface area contributed by atoms with Crippen LogP contribution in [0.3, 0.4) is 0 Å². The molecule has 0 aliphatic carbocycles. The second-order valence-electron chi connectivity index (χ2n) is 8.77. The van der Waals surface area contributed by atoms with Gasteiger partial charge in [0.1, 0.15) is 0 Å². The van der Waals surface area contributed by atoms with Crippen molar-refractivity contribution in [1.29, 1.82) is 10.5 Å². The van der Waals surface area contributed by atoms with Gasteiger partial charge in [0, 0.05) is 0 Å². The predicted molar refractivity (Wildman–Crippen MR) is 115 cm³/mol. The van der Waals surface area contributed by atoms with Gasteiger partial charge in [0.25, 0.3) is 0 Å². The van der Waals surface area contributed by atoms with E-state index in [-0.39, 0.29) is 10.8 Å². The second-order valence-corrected chi connectivity index (χ2v) is 8.77. The lowest BCUT2D eigenvalue weighted by Crippen LogP contribution is -2.24. The minimum Gasteiger partial charge on any atom is -0.192 e. The Morgan fingerprint density at radius 2 is 1.29 bits per heavy atom. The zero-order valence-corrected chi connectivity index (χ0v) is 17.1. The summed E-state index contributed by atoms with van der Waals surface area (Å²) in [4.78, 5) is 0. The van der Waals surface area contributed by atoms with Gasteiger partial charge in [-0.15, -0.1) is 0 Å². The molecule has 0 N–H and O–H groups in total. The fourth-order valence-electron chi connectivity index (χ4n) is 3.89. The maximum Gasteiger partial charge on any atom is 0.0998 e. The number of fused-ring (bicyclic) bond motifs is 1. The van der Waals surface area contributed by atoms with Crippen LogP contribution in [0.4, 0.5) is 0 Å². The average molecular weight is 367 g/mol. The molecule has 2 heteroatoms. The number of nitriles is 2. The summed E-state index contributed by atoms with van der Waals surface area (Å²) in [6, 6.07) is 24.7. The van der Waals surface area contributed by atoms with E-state index in [1.165, 1.54) is 16.5 Å². The molecule has 0 unspecified atom stereocenters. The van der Waals surface area contributed by atoms with Crippen LogP contribution in [0, 0.1) is 22.7 Å². The topological polar surface area (TPSA) is 47.6 Å². The molecule has 0 atom stereocenters. The largest absolute Gasteiger partial charge is 0.192 e. The third-order valence-electron chi connectivity index (χ3n) is 5.94. The van der Waals surface area contributed by atoms with E-state index in [1.54, 1.807) is 0 Å². The Morgan fingerprint density at radius 3 is 1.89 bits per heavy atom. The molecule has 0 bridgehead atoms. The lowest BCUT2D eigenvalue weighted by atomic mass is 9.71. The molecule has 0 radical (unpaired) electrons. The van der Waals surface area contributed by atoms with Crippen molar-refractivity contribution in [2.24, 2.45) is 0 Å².